The van der Waals surface area contributed by atoms with Gasteiger partial charge in [-0.3, -0.25) is 9.59 Å². The normalized spacial score (nSPS) is 16.6. The van der Waals surface area contributed by atoms with Crippen LogP contribution in [0.4, 0.5) is 0 Å². The van der Waals surface area contributed by atoms with Crippen molar-refractivity contribution in [3.63, 3.8) is 0 Å². The van der Waals surface area contributed by atoms with Crippen LogP contribution in [0.25, 0.3) is 0 Å². The summed E-state index contributed by atoms with van der Waals surface area (Å²) in [6.45, 7) is 3.02. The number of aryl methyl sites for hydroxylation is 1. The second kappa shape index (κ2) is 10.5. The minimum Gasteiger partial charge on any atom is -0.350 e. The number of nitrogens with one attached hydrogen (secondary N) is 1. The molecule has 1 aliphatic rings. The molecule has 1 fully saturated rings. The van der Waals surface area contributed by atoms with Gasteiger partial charge in [0.1, 0.15) is 6.04 Å². The van der Waals surface area contributed by atoms with Crippen molar-refractivity contribution >= 4 is 11.8 Å². The van der Waals surface area contributed by atoms with E-state index in [0.29, 0.717) is 19.5 Å². The van der Waals surface area contributed by atoms with Gasteiger partial charge < -0.3 is 16.0 Å². The van der Waals surface area contributed by atoms with Crippen LogP contribution >= 0.6 is 0 Å². The molecule has 0 aromatic heterocycles. The van der Waals surface area contributed by atoms with Gasteiger partial charge in [0.05, 0.1) is 6.04 Å². The molecule has 0 saturated carbocycles. The van der Waals surface area contributed by atoms with Crippen molar-refractivity contribution in [2.75, 3.05) is 6.54 Å². The number of nitrogens with zero attached hydrogens (tertiary/aromatic N) is 1. The van der Waals surface area contributed by atoms with E-state index in [4.69, 9.17) is 5.73 Å². The highest BCUT2D eigenvalue weighted by Crippen LogP contribution is 2.30. The van der Waals surface area contributed by atoms with Gasteiger partial charge in [-0.05, 0) is 36.5 Å². The van der Waals surface area contributed by atoms with Crippen LogP contribution < -0.4 is 11.1 Å². The average Bonchev–Trinajstić information content (AvgIpc) is 3.34. The molecule has 1 heterocycles. The number of benzene rings is 3. The lowest BCUT2D eigenvalue weighted by Gasteiger charge is -2.31. The molecule has 3 N–H and O–H groups in total. The number of likely N-dealkylation sites (tertiary alicyclic amines) is 1. The first kappa shape index (κ1) is 22.7. The average molecular weight is 442 g/mol. The summed E-state index contributed by atoms with van der Waals surface area (Å²) in [5.41, 5.74) is 10.8. The fraction of sp³-hybridized carbons (Fsp3) is 0.286. The molecular formula is C28H31N3O2. The molecule has 2 atom stereocenters. The molecule has 0 radical (unpaired) electrons. The predicted molar refractivity (Wildman–Crippen MR) is 130 cm³/mol. The summed E-state index contributed by atoms with van der Waals surface area (Å²) in [6, 6.07) is 26.5. The molecule has 3 aromatic carbocycles. The minimum atomic E-state index is -0.778. The highest BCUT2D eigenvalue weighted by Gasteiger charge is 2.39. The Labute approximate surface area is 195 Å². The molecule has 1 saturated heterocycles. The van der Waals surface area contributed by atoms with Crippen molar-refractivity contribution in [3.8, 4) is 0 Å². The number of amides is 2. The molecule has 2 amide bonds. The fourth-order valence-electron chi connectivity index (χ4n) is 4.69. The van der Waals surface area contributed by atoms with Gasteiger partial charge in [0.15, 0.2) is 0 Å². The van der Waals surface area contributed by atoms with Crippen LogP contribution in [0.3, 0.4) is 0 Å². The summed E-state index contributed by atoms with van der Waals surface area (Å²) in [7, 11) is 0. The lowest BCUT2D eigenvalue weighted by atomic mass is 9.84. The number of nitrogens with two attached hydrogens (primary N) is 1. The van der Waals surface area contributed by atoms with Crippen molar-refractivity contribution in [3.05, 3.63) is 107 Å². The van der Waals surface area contributed by atoms with Gasteiger partial charge in [-0.15, -0.1) is 0 Å². The molecular weight excluding hydrogens is 410 g/mol. The van der Waals surface area contributed by atoms with Gasteiger partial charge in [0.25, 0.3) is 0 Å². The first-order valence-electron chi connectivity index (χ1n) is 11.5. The van der Waals surface area contributed by atoms with E-state index in [-0.39, 0.29) is 17.7 Å². The quantitative estimate of drug-likeness (QED) is 0.586. The minimum absolute atomic E-state index is 0.120. The third kappa shape index (κ3) is 5.32. The van der Waals surface area contributed by atoms with Gasteiger partial charge in [-0.2, -0.15) is 0 Å². The molecule has 33 heavy (non-hydrogen) atoms. The summed E-state index contributed by atoms with van der Waals surface area (Å²) in [5.74, 6) is -0.581. The zero-order valence-corrected chi connectivity index (χ0v) is 19.0. The Morgan fingerprint density at radius 2 is 1.61 bits per heavy atom. The lowest BCUT2D eigenvalue weighted by Crippen LogP contribution is -2.52. The Balaban J connectivity index is 1.50. The van der Waals surface area contributed by atoms with Crippen LogP contribution in [0.5, 0.6) is 0 Å². The second-order valence-corrected chi connectivity index (χ2v) is 8.72. The number of rotatable bonds is 7. The maximum Gasteiger partial charge on any atom is 0.243 e. The maximum atomic E-state index is 13.6. The van der Waals surface area contributed by atoms with Crippen LogP contribution in [0, 0.1) is 6.92 Å². The number of hydrogen-bond acceptors (Lipinski definition) is 3. The summed E-state index contributed by atoms with van der Waals surface area (Å²) in [5, 5.41) is 3.01. The van der Waals surface area contributed by atoms with E-state index in [9.17, 15) is 9.59 Å². The largest absolute Gasteiger partial charge is 0.350 e. The van der Waals surface area contributed by atoms with Crippen molar-refractivity contribution in [1.82, 2.24) is 10.2 Å². The van der Waals surface area contributed by atoms with Gasteiger partial charge >= 0.3 is 0 Å². The third-order valence-electron chi connectivity index (χ3n) is 6.35. The van der Waals surface area contributed by atoms with E-state index < -0.39 is 12.1 Å². The smallest absolute Gasteiger partial charge is 0.243 e. The second-order valence-electron chi connectivity index (χ2n) is 8.72. The molecule has 0 bridgehead atoms. The fourth-order valence-corrected chi connectivity index (χ4v) is 4.69. The number of hydrogen-bond donors (Lipinski definition) is 2. The monoisotopic (exact) mass is 441 g/mol. The van der Waals surface area contributed by atoms with Gasteiger partial charge in [0, 0.05) is 19.0 Å². The van der Waals surface area contributed by atoms with Gasteiger partial charge in [-0.25, -0.2) is 0 Å². The summed E-state index contributed by atoms with van der Waals surface area (Å²) < 4.78 is 0. The van der Waals surface area contributed by atoms with Gasteiger partial charge in [-0.1, -0.05) is 90.5 Å². The van der Waals surface area contributed by atoms with Crippen LogP contribution in [0.15, 0.2) is 84.9 Å². The van der Waals surface area contributed by atoms with Crippen LogP contribution in [-0.4, -0.2) is 35.3 Å². The van der Waals surface area contributed by atoms with E-state index in [1.54, 1.807) is 4.90 Å². The van der Waals surface area contributed by atoms with E-state index >= 15 is 0 Å². The van der Waals surface area contributed by atoms with E-state index in [0.717, 1.165) is 28.7 Å². The SMILES string of the molecule is Cc1cccc(CNC(=O)C2CCCN2C(=O)C(N)C(c2ccccc2)c2ccccc2)c1. The Hall–Kier alpha value is -3.44. The Bertz CT molecular complexity index is 1050. The summed E-state index contributed by atoms with van der Waals surface area (Å²) in [6.07, 6.45) is 1.45. The number of carbonyl (C=O) groups is 2. The highest BCUT2D eigenvalue weighted by molar-refractivity contribution is 5.91. The third-order valence-corrected chi connectivity index (χ3v) is 6.35. The Morgan fingerprint density at radius 1 is 0.970 bits per heavy atom. The van der Waals surface area contributed by atoms with E-state index in [2.05, 4.69) is 11.4 Å². The van der Waals surface area contributed by atoms with Crippen molar-refractivity contribution in [2.45, 2.75) is 44.3 Å². The van der Waals surface area contributed by atoms with Crippen molar-refractivity contribution in [2.24, 2.45) is 5.73 Å². The zero-order chi connectivity index (χ0) is 23.2. The summed E-state index contributed by atoms with van der Waals surface area (Å²) >= 11 is 0. The first-order chi connectivity index (χ1) is 16.0. The molecule has 1 aliphatic heterocycles. The lowest BCUT2D eigenvalue weighted by molar-refractivity contribution is -0.139. The molecule has 2 unspecified atom stereocenters. The maximum absolute atomic E-state index is 13.6. The molecule has 0 aliphatic carbocycles. The molecule has 5 heteroatoms. The molecule has 170 valence electrons. The van der Waals surface area contributed by atoms with Crippen LogP contribution in [0.2, 0.25) is 0 Å². The molecule has 3 aromatic rings. The van der Waals surface area contributed by atoms with Crippen LogP contribution in [0.1, 0.15) is 41.0 Å². The van der Waals surface area contributed by atoms with E-state index in [1.807, 2.05) is 85.8 Å². The molecule has 5 nitrogen and oxygen atoms in total. The van der Waals surface area contributed by atoms with Crippen molar-refractivity contribution in [1.29, 1.82) is 0 Å². The standard InChI is InChI=1S/C28H31N3O2/c1-20-10-8-11-21(18-20)19-30-27(32)24-16-9-17-31(24)28(33)26(29)25(22-12-4-2-5-13-22)23-14-6-3-7-15-23/h2-8,10-15,18,24-26H,9,16-17,19,29H2,1H3,(H,30,32). The topological polar surface area (TPSA) is 75.4 Å². The van der Waals surface area contributed by atoms with Gasteiger partial charge in [0.2, 0.25) is 11.8 Å². The Morgan fingerprint density at radius 3 is 2.21 bits per heavy atom. The predicted octanol–water partition coefficient (Wildman–Crippen LogP) is 3.76. The summed E-state index contributed by atoms with van der Waals surface area (Å²) in [4.78, 5) is 28.3. The van der Waals surface area contributed by atoms with E-state index in [1.165, 1.54) is 0 Å². The highest BCUT2D eigenvalue weighted by atomic mass is 16.2. The molecule has 4 rings (SSSR count). The van der Waals surface area contributed by atoms with Crippen molar-refractivity contribution < 1.29 is 9.59 Å². The van der Waals surface area contributed by atoms with Crippen LogP contribution in [-0.2, 0) is 16.1 Å². The number of carbonyl (C=O) groups excluding carboxylic acids is 2. The molecule has 0 spiro atoms. The first-order valence-corrected chi connectivity index (χ1v) is 11.5. The zero-order valence-electron chi connectivity index (χ0n) is 19.0. The Kier molecular flexibility index (Phi) is 7.20.